The minimum Gasteiger partial charge on any atom is -0.496 e. The molecule has 0 saturated carbocycles. The van der Waals surface area contributed by atoms with E-state index in [0.717, 1.165) is 28.9 Å². The van der Waals surface area contributed by atoms with Crippen LogP contribution in [0.25, 0.3) is 10.9 Å². The molecule has 0 aliphatic heterocycles. The Balaban J connectivity index is 2.36. The van der Waals surface area contributed by atoms with Crippen LogP contribution in [0.2, 0.25) is 0 Å². The van der Waals surface area contributed by atoms with Gasteiger partial charge in [0.1, 0.15) is 5.75 Å². The van der Waals surface area contributed by atoms with E-state index < -0.39 is 0 Å². The second-order valence-corrected chi connectivity index (χ2v) is 4.83. The van der Waals surface area contributed by atoms with Crippen LogP contribution in [0.1, 0.15) is 23.7 Å². The summed E-state index contributed by atoms with van der Waals surface area (Å²) in [5.41, 5.74) is 4.62. The highest BCUT2D eigenvalue weighted by Gasteiger charge is 2.11. The Bertz CT molecular complexity index is 614. The smallest absolute Gasteiger partial charge is 0.216 e. The number of aromatic nitrogens is 1. The third-order valence-corrected chi connectivity index (χ3v) is 3.38. The molecule has 0 atom stereocenters. The highest BCUT2D eigenvalue weighted by Crippen LogP contribution is 2.29. The molecular weight excluding hydrogens is 240 g/mol. The molecule has 19 heavy (non-hydrogen) atoms. The van der Waals surface area contributed by atoms with E-state index in [4.69, 9.17) is 4.74 Å². The minimum absolute atomic E-state index is 0.00548. The summed E-state index contributed by atoms with van der Waals surface area (Å²) in [5, 5.41) is 4.00. The van der Waals surface area contributed by atoms with Crippen molar-refractivity contribution in [3.63, 3.8) is 0 Å². The van der Waals surface area contributed by atoms with Crippen molar-refractivity contribution in [2.45, 2.75) is 27.2 Å². The van der Waals surface area contributed by atoms with Gasteiger partial charge in [-0.05, 0) is 43.5 Å². The zero-order valence-corrected chi connectivity index (χ0v) is 11.9. The molecule has 0 fully saturated rings. The van der Waals surface area contributed by atoms with E-state index >= 15 is 0 Å². The quantitative estimate of drug-likeness (QED) is 0.887. The molecule has 2 N–H and O–H groups in total. The van der Waals surface area contributed by atoms with E-state index in [1.54, 1.807) is 7.11 Å². The summed E-state index contributed by atoms with van der Waals surface area (Å²) < 4.78 is 5.38. The van der Waals surface area contributed by atoms with Crippen molar-refractivity contribution in [3.05, 3.63) is 29.0 Å². The summed E-state index contributed by atoms with van der Waals surface area (Å²) in [6.45, 7) is 6.28. The van der Waals surface area contributed by atoms with Gasteiger partial charge in [0.2, 0.25) is 5.91 Å². The van der Waals surface area contributed by atoms with Gasteiger partial charge in [0, 0.05) is 30.1 Å². The number of rotatable bonds is 4. The number of ether oxygens (including phenoxy) is 1. The van der Waals surface area contributed by atoms with Crippen molar-refractivity contribution in [2.24, 2.45) is 0 Å². The molecule has 0 spiro atoms. The monoisotopic (exact) mass is 260 g/mol. The fraction of sp³-hybridized carbons (Fsp3) is 0.400. The van der Waals surface area contributed by atoms with Crippen LogP contribution in [-0.2, 0) is 11.2 Å². The molecule has 0 unspecified atom stereocenters. The second-order valence-electron chi connectivity index (χ2n) is 4.83. The Morgan fingerprint density at radius 3 is 2.74 bits per heavy atom. The molecule has 1 heterocycles. The molecular formula is C15H20N2O2. The molecule has 1 amide bonds. The summed E-state index contributed by atoms with van der Waals surface area (Å²) in [6, 6.07) is 4.17. The number of H-pyrrole nitrogens is 1. The highest BCUT2D eigenvalue weighted by molar-refractivity contribution is 5.87. The summed E-state index contributed by atoms with van der Waals surface area (Å²) in [7, 11) is 1.69. The van der Waals surface area contributed by atoms with Gasteiger partial charge in [0.05, 0.1) is 7.11 Å². The maximum absolute atomic E-state index is 10.9. The first-order valence-electron chi connectivity index (χ1n) is 6.43. The van der Waals surface area contributed by atoms with E-state index in [9.17, 15) is 4.79 Å². The summed E-state index contributed by atoms with van der Waals surface area (Å²) in [4.78, 5) is 14.3. The Hall–Kier alpha value is -1.97. The number of aromatic amines is 1. The molecule has 0 radical (unpaired) electrons. The normalized spacial score (nSPS) is 10.7. The lowest BCUT2D eigenvalue weighted by atomic mass is 10.1. The van der Waals surface area contributed by atoms with Crippen LogP contribution in [0.3, 0.4) is 0 Å². The van der Waals surface area contributed by atoms with Crippen LogP contribution in [0, 0.1) is 13.8 Å². The van der Waals surface area contributed by atoms with Gasteiger partial charge in [0.25, 0.3) is 0 Å². The first-order chi connectivity index (χ1) is 9.02. The number of amides is 1. The zero-order valence-electron chi connectivity index (χ0n) is 11.9. The Morgan fingerprint density at radius 2 is 2.11 bits per heavy atom. The molecule has 4 nitrogen and oxygen atoms in total. The number of methoxy groups -OCH3 is 1. The first-order valence-corrected chi connectivity index (χ1v) is 6.43. The van der Waals surface area contributed by atoms with Crippen molar-refractivity contribution in [3.8, 4) is 5.75 Å². The van der Waals surface area contributed by atoms with Crippen LogP contribution in [0.15, 0.2) is 12.1 Å². The molecule has 4 heteroatoms. The Morgan fingerprint density at radius 1 is 1.37 bits per heavy atom. The molecule has 0 bridgehead atoms. The maximum atomic E-state index is 10.9. The van der Waals surface area contributed by atoms with Crippen molar-refractivity contribution < 1.29 is 9.53 Å². The molecule has 1 aromatic carbocycles. The third kappa shape index (κ3) is 2.72. The first kappa shape index (κ1) is 13.5. The van der Waals surface area contributed by atoms with E-state index in [2.05, 4.69) is 29.4 Å². The van der Waals surface area contributed by atoms with Gasteiger partial charge in [-0.2, -0.15) is 0 Å². The fourth-order valence-electron chi connectivity index (χ4n) is 2.43. The molecule has 2 rings (SSSR count). The SMILES string of the molecule is COc1cc2c(CCNC(C)=O)c(C)[nH]c2cc1C. The predicted octanol–water partition coefficient (Wildman–Crippen LogP) is 2.47. The van der Waals surface area contributed by atoms with Gasteiger partial charge >= 0.3 is 0 Å². The molecule has 0 aliphatic carbocycles. The number of carbonyl (C=O) groups excluding carboxylic acids is 1. The Kier molecular flexibility index (Phi) is 3.79. The van der Waals surface area contributed by atoms with Crippen LogP contribution >= 0.6 is 0 Å². The standard InChI is InChI=1S/C15H20N2O2/c1-9-7-14-13(8-15(9)19-4)12(10(2)17-14)5-6-16-11(3)18/h7-8,17H,5-6H2,1-4H3,(H,16,18). The molecule has 0 saturated heterocycles. The van der Waals surface area contributed by atoms with Crippen LogP contribution < -0.4 is 10.1 Å². The Labute approximate surface area is 113 Å². The molecule has 1 aromatic heterocycles. The van der Waals surface area contributed by atoms with Crippen molar-refractivity contribution in [2.75, 3.05) is 13.7 Å². The average molecular weight is 260 g/mol. The van der Waals surface area contributed by atoms with Crippen molar-refractivity contribution >= 4 is 16.8 Å². The zero-order chi connectivity index (χ0) is 14.0. The van der Waals surface area contributed by atoms with Crippen LogP contribution in [0.4, 0.5) is 0 Å². The second kappa shape index (κ2) is 5.34. The average Bonchev–Trinajstić information content (AvgIpc) is 2.63. The van der Waals surface area contributed by atoms with E-state index in [1.165, 1.54) is 17.9 Å². The van der Waals surface area contributed by atoms with Gasteiger partial charge in [-0.25, -0.2) is 0 Å². The van der Waals surface area contributed by atoms with E-state index in [-0.39, 0.29) is 5.91 Å². The maximum Gasteiger partial charge on any atom is 0.216 e. The van der Waals surface area contributed by atoms with Crippen molar-refractivity contribution in [1.29, 1.82) is 0 Å². The summed E-state index contributed by atoms with van der Waals surface area (Å²) >= 11 is 0. The number of nitrogens with one attached hydrogen (secondary N) is 2. The van der Waals surface area contributed by atoms with Crippen molar-refractivity contribution in [1.82, 2.24) is 10.3 Å². The predicted molar refractivity (Wildman–Crippen MR) is 76.7 cm³/mol. The lowest BCUT2D eigenvalue weighted by Crippen LogP contribution is -2.22. The fourth-order valence-corrected chi connectivity index (χ4v) is 2.43. The third-order valence-electron chi connectivity index (χ3n) is 3.38. The molecule has 2 aromatic rings. The lowest BCUT2D eigenvalue weighted by Gasteiger charge is -2.06. The number of fused-ring (bicyclic) bond motifs is 1. The number of hydrogen-bond donors (Lipinski definition) is 2. The highest BCUT2D eigenvalue weighted by atomic mass is 16.5. The number of carbonyl (C=O) groups is 1. The van der Waals surface area contributed by atoms with E-state index in [1.807, 2.05) is 6.92 Å². The minimum atomic E-state index is 0.00548. The lowest BCUT2D eigenvalue weighted by molar-refractivity contribution is -0.118. The van der Waals surface area contributed by atoms with E-state index in [0.29, 0.717) is 6.54 Å². The summed E-state index contributed by atoms with van der Waals surface area (Å²) in [5.74, 6) is 0.901. The number of aryl methyl sites for hydroxylation is 2. The van der Waals surface area contributed by atoms with Gasteiger partial charge < -0.3 is 15.0 Å². The largest absolute Gasteiger partial charge is 0.496 e. The topological polar surface area (TPSA) is 54.1 Å². The number of benzene rings is 1. The summed E-state index contributed by atoms with van der Waals surface area (Å²) in [6.07, 6.45) is 0.817. The van der Waals surface area contributed by atoms with Crippen LogP contribution in [0.5, 0.6) is 5.75 Å². The van der Waals surface area contributed by atoms with Gasteiger partial charge in [-0.1, -0.05) is 0 Å². The number of hydrogen-bond acceptors (Lipinski definition) is 2. The van der Waals surface area contributed by atoms with Gasteiger partial charge in [-0.15, -0.1) is 0 Å². The van der Waals surface area contributed by atoms with Gasteiger partial charge in [0.15, 0.2) is 0 Å². The van der Waals surface area contributed by atoms with Crippen LogP contribution in [-0.4, -0.2) is 24.5 Å². The molecule has 102 valence electrons. The van der Waals surface area contributed by atoms with Gasteiger partial charge in [-0.3, -0.25) is 4.79 Å². The molecule has 0 aliphatic rings.